The van der Waals surface area contributed by atoms with Gasteiger partial charge in [-0.05, 0) is 44.8 Å². The Morgan fingerprint density at radius 1 is 1.22 bits per heavy atom. The van der Waals surface area contributed by atoms with Crippen LogP contribution in [0.4, 0.5) is 10.5 Å². The third kappa shape index (κ3) is 8.56. The minimum absolute atomic E-state index is 0.0000647. The van der Waals surface area contributed by atoms with Gasteiger partial charge in [-0.15, -0.1) is 0 Å². The van der Waals surface area contributed by atoms with E-state index >= 15 is 0 Å². The first-order valence-corrected chi connectivity index (χ1v) is 8.35. The van der Waals surface area contributed by atoms with Gasteiger partial charge < -0.3 is 30.2 Å². The van der Waals surface area contributed by atoms with Crippen molar-refractivity contribution in [3.63, 3.8) is 0 Å². The molecule has 27 heavy (non-hydrogen) atoms. The fourth-order valence-corrected chi connectivity index (χ4v) is 2.12. The lowest BCUT2D eigenvalue weighted by Gasteiger charge is -2.22. The molecule has 0 heterocycles. The largest absolute Gasteiger partial charge is 0.488 e. The van der Waals surface area contributed by atoms with E-state index in [1.165, 1.54) is 19.2 Å². The van der Waals surface area contributed by atoms with Crippen molar-refractivity contribution in [1.29, 1.82) is 0 Å². The Kier molecular flexibility index (Phi) is 8.26. The Labute approximate surface area is 158 Å². The van der Waals surface area contributed by atoms with E-state index in [-0.39, 0.29) is 18.3 Å². The number of amides is 2. The number of benzene rings is 1. The van der Waals surface area contributed by atoms with E-state index < -0.39 is 36.7 Å². The number of methoxy groups -OCH3 is 1. The smallest absolute Gasteiger partial charge is 0.467 e. The van der Waals surface area contributed by atoms with Crippen molar-refractivity contribution in [3.05, 3.63) is 24.3 Å². The van der Waals surface area contributed by atoms with Gasteiger partial charge in [-0.25, -0.2) is 9.59 Å². The molecular weight excluding hydrogens is 355 g/mol. The molecule has 0 aliphatic rings. The minimum atomic E-state index is -1.65. The fourth-order valence-electron chi connectivity index (χ4n) is 2.12. The van der Waals surface area contributed by atoms with Gasteiger partial charge in [0.1, 0.15) is 11.6 Å². The van der Waals surface area contributed by atoms with Crippen LogP contribution in [0.25, 0.3) is 0 Å². The predicted molar refractivity (Wildman–Crippen MR) is 99.3 cm³/mol. The summed E-state index contributed by atoms with van der Waals surface area (Å²) in [5.41, 5.74) is -0.128. The zero-order valence-corrected chi connectivity index (χ0v) is 15.8. The van der Waals surface area contributed by atoms with Crippen molar-refractivity contribution in [2.45, 2.75) is 45.3 Å². The maximum atomic E-state index is 12.1. The van der Waals surface area contributed by atoms with E-state index in [9.17, 15) is 14.4 Å². The van der Waals surface area contributed by atoms with Crippen LogP contribution < -0.4 is 16.1 Å². The molecule has 0 spiro atoms. The van der Waals surface area contributed by atoms with Gasteiger partial charge >= 0.3 is 19.2 Å². The molecule has 0 aromatic heterocycles. The summed E-state index contributed by atoms with van der Waals surface area (Å²) in [6, 6.07) is 5.02. The number of nitrogens with one attached hydrogen (secondary N) is 2. The molecule has 1 aromatic rings. The van der Waals surface area contributed by atoms with Crippen LogP contribution in [-0.4, -0.2) is 53.9 Å². The summed E-state index contributed by atoms with van der Waals surface area (Å²) in [4.78, 5) is 35.8. The van der Waals surface area contributed by atoms with Gasteiger partial charge in [0.25, 0.3) is 0 Å². The molecule has 0 unspecified atom stereocenters. The standard InChI is InChI=1S/C17H25BN2O7/c1-17(2,3)27-16(23)20-13(15(22)26-4)8-9-14(21)19-12-7-5-6-11(10-12)18(24)25/h5-7,10,13,24-25H,8-9H2,1-4H3,(H,19,21)(H,20,23)/t13-/m0/s1. The van der Waals surface area contributed by atoms with Crippen molar-refractivity contribution in [2.24, 2.45) is 0 Å². The predicted octanol–water partition coefficient (Wildman–Crippen LogP) is 0.151. The molecule has 0 radical (unpaired) electrons. The fraction of sp³-hybridized carbons (Fsp3) is 0.471. The summed E-state index contributed by atoms with van der Waals surface area (Å²) in [5.74, 6) is -1.11. The summed E-state index contributed by atoms with van der Waals surface area (Å²) < 4.78 is 9.73. The van der Waals surface area contributed by atoms with Crippen molar-refractivity contribution in [3.8, 4) is 0 Å². The van der Waals surface area contributed by atoms with Gasteiger partial charge in [0, 0.05) is 12.1 Å². The highest BCUT2D eigenvalue weighted by Crippen LogP contribution is 2.10. The van der Waals surface area contributed by atoms with Crippen LogP contribution in [0.15, 0.2) is 24.3 Å². The Hall–Kier alpha value is -2.59. The summed E-state index contributed by atoms with van der Waals surface area (Å²) in [6.07, 6.45) is -0.871. The average Bonchev–Trinajstić information content (AvgIpc) is 2.56. The number of hydrogen-bond donors (Lipinski definition) is 4. The van der Waals surface area contributed by atoms with Crippen LogP contribution in [0.3, 0.4) is 0 Å². The molecule has 9 nitrogen and oxygen atoms in total. The number of carbonyl (C=O) groups excluding carboxylic acids is 3. The average molecular weight is 380 g/mol. The molecule has 0 saturated heterocycles. The van der Waals surface area contributed by atoms with E-state index in [4.69, 9.17) is 14.8 Å². The Bertz CT molecular complexity index is 673. The van der Waals surface area contributed by atoms with Crippen LogP contribution in [-0.2, 0) is 19.1 Å². The van der Waals surface area contributed by atoms with Crippen LogP contribution in [0, 0.1) is 0 Å². The van der Waals surface area contributed by atoms with Crippen LogP contribution in [0.1, 0.15) is 33.6 Å². The van der Waals surface area contributed by atoms with Crippen LogP contribution >= 0.6 is 0 Å². The topological polar surface area (TPSA) is 134 Å². The van der Waals surface area contributed by atoms with Crippen molar-refractivity contribution < 1.29 is 33.9 Å². The second-order valence-corrected chi connectivity index (χ2v) is 6.81. The number of rotatable bonds is 7. The second kappa shape index (κ2) is 9.93. The Morgan fingerprint density at radius 2 is 1.89 bits per heavy atom. The van der Waals surface area contributed by atoms with E-state index in [1.807, 2.05) is 0 Å². The highest BCUT2D eigenvalue weighted by molar-refractivity contribution is 6.58. The second-order valence-electron chi connectivity index (χ2n) is 6.81. The van der Waals surface area contributed by atoms with Gasteiger partial charge in [-0.2, -0.15) is 0 Å². The number of esters is 1. The SMILES string of the molecule is COC(=O)[C@H](CCC(=O)Nc1cccc(B(O)O)c1)NC(=O)OC(C)(C)C. The van der Waals surface area contributed by atoms with E-state index in [2.05, 4.69) is 15.4 Å². The molecule has 1 rings (SSSR count). The molecule has 4 N–H and O–H groups in total. The molecule has 2 amide bonds. The van der Waals surface area contributed by atoms with Gasteiger partial charge in [0.15, 0.2) is 0 Å². The lowest BCUT2D eigenvalue weighted by atomic mass is 9.80. The third-order valence-electron chi connectivity index (χ3n) is 3.31. The first kappa shape index (κ1) is 22.5. The maximum absolute atomic E-state index is 12.1. The van der Waals surface area contributed by atoms with Crippen LogP contribution in [0.5, 0.6) is 0 Å². The Balaban J connectivity index is 2.64. The monoisotopic (exact) mass is 380 g/mol. The molecule has 148 valence electrons. The Morgan fingerprint density at radius 3 is 2.44 bits per heavy atom. The summed E-state index contributed by atoms with van der Waals surface area (Å²) in [5, 5.41) is 23.3. The molecular formula is C17H25BN2O7. The highest BCUT2D eigenvalue weighted by atomic mass is 16.6. The number of anilines is 1. The lowest BCUT2D eigenvalue weighted by Crippen LogP contribution is -2.44. The molecule has 10 heteroatoms. The van der Waals surface area contributed by atoms with E-state index in [0.717, 1.165) is 0 Å². The number of hydrogen-bond acceptors (Lipinski definition) is 7. The molecule has 0 fully saturated rings. The van der Waals surface area contributed by atoms with E-state index in [0.29, 0.717) is 5.69 Å². The molecule has 1 aromatic carbocycles. The maximum Gasteiger partial charge on any atom is 0.488 e. The van der Waals surface area contributed by atoms with Gasteiger partial charge in [-0.1, -0.05) is 12.1 Å². The first-order valence-electron chi connectivity index (χ1n) is 8.35. The van der Waals surface area contributed by atoms with Gasteiger partial charge in [-0.3, -0.25) is 4.79 Å². The molecule has 0 bridgehead atoms. The first-order chi connectivity index (χ1) is 12.5. The number of carbonyl (C=O) groups is 3. The van der Waals surface area contributed by atoms with Gasteiger partial charge in [0.2, 0.25) is 5.91 Å². The van der Waals surface area contributed by atoms with Crippen molar-refractivity contribution in [1.82, 2.24) is 5.32 Å². The zero-order chi connectivity index (χ0) is 20.6. The normalized spacial score (nSPS) is 11.9. The molecule has 0 aliphatic heterocycles. The highest BCUT2D eigenvalue weighted by Gasteiger charge is 2.25. The minimum Gasteiger partial charge on any atom is -0.467 e. The molecule has 0 aliphatic carbocycles. The third-order valence-corrected chi connectivity index (χ3v) is 3.31. The quantitative estimate of drug-likeness (QED) is 0.391. The van der Waals surface area contributed by atoms with Crippen LogP contribution in [0.2, 0.25) is 0 Å². The lowest BCUT2D eigenvalue weighted by molar-refractivity contribution is -0.143. The number of ether oxygens (including phenoxy) is 2. The molecule has 1 atom stereocenters. The summed E-state index contributed by atoms with van der Waals surface area (Å²) in [6.45, 7) is 5.06. The van der Waals surface area contributed by atoms with Crippen molar-refractivity contribution >= 4 is 36.2 Å². The zero-order valence-electron chi connectivity index (χ0n) is 15.8. The summed E-state index contributed by atoms with van der Waals surface area (Å²) in [7, 11) is -0.471. The number of alkyl carbamates (subject to hydrolysis) is 1. The molecule has 0 saturated carbocycles. The van der Waals surface area contributed by atoms with Gasteiger partial charge in [0.05, 0.1) is 7.11 Å². The van der Waals surface area contributed by atoms with E-state index in [1.54, 1.807) is 32.9 Å². The van der Waals surface area contributed by atoms with Crippen molar-refractivity contribution in [2.75, 3.05) is 12.4 Å². The summed E-state index contributed by atoms with van der Waals surface area (Å²) >= 11 is 0.